The number of carbonyl (C=O) groups excluding carboxylic acids is 4. The normalized spacial score (nSPS) is 14.3. The van der Waals surface area contributed by atoms with Crippen molar-refractivity contribution >= 4 is 39.5 Å². The molecule has 17 nitrogen and oxygen atoms in total. The Morgan fingerprint density at radius 1 is 0.329 bits per heavy atom. The van der Waals surface area contributed by atoms with E-state index in [1.165, 1.54) is 141 Å². The molecule has 0 heterocycles. The van der Waals surface area contributed by atoms with E-state index in [0.29, 0.717) is 25.7 Å². The van der Waals surface area contributed by atoms with E-state index in [4.69, 9.17) is 37.0 Å². The van der Waals surface area contributed by atoms with Gasteiger partial charge in [-0.3, -0.25) is 37.3 Å². The predicted octanol–water partition coefficient (Wildman–Crippen LogP) is 17.4. The van der Waals surface area contributed by atoms with Gasteiger partial charge in [-0.05, 0) is 31.6 Å². The monoisotopic (exact) mass is 1210 g/mol. The van der Waals surface area contributed by atoms with Gasteiger partial charge < -0.3 is 33.8 Å². The number of aliphatic hydroxyl groups is 1. The number of aliphatic hydroxyl groups excluding tert-OH is 1. The fraction of sp³-hybridized carbons (Fsp3) is 0.937. The molecule has 0 aliphatic carbocycles. The van der Waals surface area contributed by atoms with Crippen molar-refractivity contribution in [1.82, 2.24) is 0 Å². The van der Waals surface area contributed by atoms with Crippen LogP contribution < -0.4 is 0 Å². The second kappa shape index (κ2) is 56.8. The zero-order valence-corrected chi connectivity index (χ0v) is 54.4. The summed E-state index contributed by atoms with van der Waals surface area (Å²) in [5.74, 6) is -1.37. The third kappa shape index (κ3) is 57.2. The molecule has 0 fully saturated rings. The van der Waals surface area contributed by atoms with E-state index in [-0.39, 0.29) is 25.7 Å². The molecule has 0 aliphatic heterocycles. The average Bonchev–Trinajstić information content (AvgIpc) is 3.46. The van der Waals surface area contributed by atoms with Gasteiger partial charge in [-0.25, -0.2) is 9.13 Å². The Morgan fingerprint density at radius 3 is 0.829 bits per heavy atom. The van der Waals surface area contributed by atoms with E-state index in [2.05, 4.69) is 34.6 Å². The highest BCUT2D eigenvalue weighted by atomic mass is 31.2. The van der Waals surface area contributed by atoms with Crippen LogP contribution in [0, 0.1) is 5.92 Å². The van der Waals surface area contributed by atoms with Crippen LogP contribution in [0.15, 0.2) is 0 Å². The molecule has 3 N–H and O–H groups in total. The van der Waals surface area contributed by atoms with Crippen molar-refractivity contribution in [2.45, 2.75) is 335 Å². The molecule has 0 amide bonds. The summed E-state index contributed by atoms with van der Waals surface area (Å²) in [6, 6.07) is 0. The zero-order chi connectivity index (χ0) is 60.6. The summed E-state index contributed by atoms with van der Waals surface area (Å²) in [7, 11) is -9.88. The molecule has 0 spiro atoms. The van der Waals surface area contributed by atoms with Gasteiger partial charge in [0.2, 0.25) is 0 Å². The number of esters is 4. The smallest absolute Gasteiger partial charge is 0.462 e. The van der Waals surface area contributed by atoms with Crippen LogP contribution in [0.1, 0.15) is 317 Å². The lowest BCUT2D eigenvalue weighted by molar-refractivity contribution is -0.161. The Balaban J connectivity index is 5.22. The van der Waals surface area contributed by atoms with Gasteiger partial charge in [-0.2, -0.15) is 0 Å². The topological polar surface area (TPSA) is 237 Å². The summed E-state index contributed by atoms with van der Waals surface area (Å²) in [6.45, 7) is 7.15. The molecule has 0 rings (SSSR count). The maximum absolute atomic E-state index is 13.0. The minimum atomic E-state index is -4.94. The van der Waals surface area contributed by atoms with E-state index in [0.717, 1.165) is 95.8 Å². The van der Waals surface area contributed by atoms with E-state index in [9.17, 15) is 43.2 Å². The van der Waals surface area contributed by atoms with Gasteiger partial charge in [0.05, 0.1) is 26.4 Å². The Morgan fingerprint density at radius 2 is 0.561 bits per heavy atom. The molecular weight excluding hydrogens is 1090 g/mol. The number of hydrogen-bond acceptors (Lipinski definition) is 15. The number of hydrogen-bond donors (Lipinski definition) is 3. The largest absolute Gasteiger partial charge is 0.472 e. The lowest BCUT2D eigenvalue weighted by atomic mass is 10.0. The van der Waals surface area contributed by atoms with Crippen LogP contribution in [-0.2, 0) is 65.4 Å². The fourth-order valence-corrected chi connectivity index (χ4v) is 11.0. The first kappa shape index (κ1) is 80.1. The van der Waals surface area contributed by atoms with Crippen LogP contribution in [0.2, 0.25) is 0 Å². The summed E-state index contributed by atoms with van der Waals surface area (Å²) in [5, 5.41) is 10.5. The van der Waals surface area contributed by atoms with Crippen molar-refractivity contribution in [1.29, 1.82) is 0 Å². The van der Waals surface area contributed by atoms with E-state index in [1.807, 2.05) is 0 Å². The van der Waals surface area contributed by atoms with Gasteiger partial charge in [-0.15, -0.1) is 0 Å². The van der Waals surface area contributed by atoms with E-state index in [1.54, 1.807) is 0 Å². The number of phosphoric acid groups is 2. The van der Waals surface area contributed by atoms with Crippen molar-refractivity contribution in [3.63, 3.8) is 0 Å². The van der Waals surface area contributed by atoms with Crippen LogP contribution >= 0.6 is 15.6 Å². The molecule has 19 heteroatoms. The van der Waals surface area contributed by atoms with Crippen LogP contribution in [0.4, 0.5) is 0 Å². The third-order valence-corrected chi connectivity index (χ3v) is 16.4. The predicted molar refractivity (Wildman–Crippen MR) is 326 cm³/mol. The van der Waals surface area contributed by atoms with Crippen LogP contribution in [0.25, 0.3) is 0 Å². The Bertz CT molecular complexity index is 1600. The Kier molecular flexibility index (Phi) is 55.5. The molecule has 486 valence electrons. The van der Waals surface area contributed by atoms with Crippen LogP contribution in [-0.4, -0.2) is 96.7 Å². The fourth-order valence-electron chi connectivity index (χ4n) is 9.41. The molecule has 0 aliphatic rings. The maximum Gasteiger partial charge on any atom is 0.472 e. The van der Waals surface area contributed by atoms with Gasteiger partial charge in [0.25, 0.3) is 0 Å². The summed E-state index contributed by atoms with van der Waals surface area (Å²) in [4.78, 5) is 72.1. The highest BCUT2D eigenvalue weighted by Gasteiger charge is 2.30. The molecular formula is C63H122O17P2. The molecule has 82 heavy (non-hydrogen) atoms. The molecule has 2 unspecified atom stereocenters. The lowest BCUT2D eigenvalue weighted by Crippen LogP contribution is -2.30. The van der Waals surface area contributed by atoms with Crippen molar-refractivity contribution < 1.29 is 80.2 Å². The minimum absolute atomic E-state index is 0.106. The summed E-state index contributed by atoms with van der Waals surface area (Å²) in [6.07, 6.45) is 40.2. The molecule has 0 aromatic carbocycles. The van der Waals surface area contributed by atoms with Crippen LogP contribution in [0.5, 0.6) is 0 Å². The first-order valence-corrected chi connectivity index (χ1v) is 36.1. The molecule has 0 radical (unpaired) electrons. The standard InChI is InChI=1S/C63H122O17P2/c1-6-9-12-15-18-21-28-32-37-42-47-61(66)74-53-59(80-63(68)49-44-39-34-29-24-22-23-27-30-35-40-45-56(4)5)55-78-82(71,72)76-51-57(64)50-75-81(69,70)77-54-58(79-62(67)48-43-38-33-26-20-17-14-11-8-3)52-73-60(65)46-41-36-31-25-19-16-13-10-7-2/h56-59,64H,6-55H2,1-5H3,(H,69,70)(H,71,72)/t57-,58+,59+/m0/s1. The van der Waals surface area contributed by atoms with Crippen LogP contribution in [0.3, 0.4) is 0 Å². The molecule has 5 atom stereocenters. The third-order valence-electron chi connectivity index (χ3n) is 14.5. The number of phosphoric ester groups is 2. The lowest BCUT2D eigenvalue weighted by Gasteiger charge is -2.21. The molecule has 0 aromatic heterocycles. The molecule has 0 bridgehead atoms. The van der Waals surface area contributed by atoms with Gasteiger partial charge in [0.1, 0.15) is 19.3 Å². The van der Waals surface area contributed by atoms with Crippen molar-refractivity contribution in [3.8, 4) is 0 Å². The quantitative estimate of drug-likeness (QED) is 0.0222. The molecule has 0 saturated heterocycles. The second-order valence-electron chi connectivity index (χ2n) is 23.3. The number of rotatable bonds is 63. The number of carbonyl (C=O) groups is 4. The average molecular weight is 1210 g/mol. The SMILES string of the molecule is CCCCCCCCCCCCC(=O)OC[C@H](COP(=O)(O)OC[C@@H](O)COP(=O)(O)OC[C@@H](COC(=O)CCCCCCCCCCC)OC(=O)CCCCCCCCCCC)OC(=O)CCCCCCCCCCCCCC(C)C. The summed E-state index contributed by atoms with van der Waals surface area (Å²) >= 11 is 0. The maximum atomic E-state index is 13.0. The van der Waals surface area contributed by atoms with E-state index >= 15 is 0 Å². The molecule has 0 saturated carbocycles. The minimum Gasteiger partial charge on any atom is -0.462 e. The van der Waals surface area contributed by atoms with E-state index < -0.39 is 97.5 Å². The van der Waals surface area contributed by atoms with Crippen molar-refractivity contribution in [2.75, 3.05) is 39.6 Å². The molecule has 0 aromatic rings. The first-order chi connectivity index (χ1) is 39.5. The van der Waals surface area contributed by atoms with Crippen molar-refractivity contribution in [2.24, 2.45) is 5.92 Å². The van der Waals surface area contributed by atoms with Crippen molar-refractivity contribution in [3.05, 3.63) is 0 Å². The zero-order valence-electron chi connectivity index (χ0n) is 52.6. The highest BCUT2D eigenvalue weighted by Crippen LogP contribution is 2.45. The number of ether oxygens (including phenoxy) is 4. The highest BCUT2D eigenvalue weighted by molar-refractivity contribution is 7.47. The Labute approximate surface area is 498 Å². The Hall–Kier alpha value is -1.94. The van der Waals surface area contributed by atoms with Gasteiger partial charge >= 0.3 is 39.5 Å². The summed E-state index contributed by atoms with van der Waals surface area (Å²) in [5.41, 5.74) is 0. The summed E-state index contributed by atoms with van der Waals surface area (Å²) < 4.78 is 67.9. The van der Waals surface area contributed by atoms with Gasteiger partial charge in [0, 0.05) is 25.7 Å². The van der Waals surface area contributed by atoms with Gasteiger partial charge in [0.15, 0.2) is 12.2 Å². The first-order valence-electron chi connectivity index (χ1n) is 33.1. The second-order valence-corrected chi connectivity index (χ2v) is 26.2. The number of unbranched alkanes of at least 4 members (excludes halogenated alkanes) is 35. The van der Waals surface area contributed by atoms with Gasteiger partial charge in [-0.1, -0.05) is 266 Å².